The van der Waals surface area contributed by atoms with E-state index in [2.05, 4.69) is 46.0 Å². The molecule has 0 aliphatic rings. The molecule has 0 aliphatic heterocycles. The molecule has 0 amide bonds. The van der Waals surface area contributed by atoms with E-state index in [1.165, 1.54) is 17.3 Å². The van der Waals surface area contributed by atoms with Crippen molar-refractivity contribution in [2.24, 2.45) is 4.99 Å². The van der Waals surface area contributed by atoms with Crippen molar-refractivity contribution in [3.8, 4) is 0 Å². The van der Waals surface area contributed by atoms with E-state index in [1.54, 1.807) is 7.05 Å². The van der Waals surface area contributed by atoms with Gasteiger partial charge >= 0.3 is 6.18 Å². The molecule has 150 valence electrons. The Hall–Kier alpha value is -1.55. The van der Waals surface area contributed by atoms with Crippen LogP contribution in [0.1, 0.15) is 18.5 Å². The van der Waals surface area contributed by atoms with Crippen molar-refractivity contribution < 1.29 is 13.2 Å². The number of benzene rings is 2. The second-order valence-electron chi connectivity index (χ2n) is 6.32. The first-order valence-electron chi connectivity index (χ1n) is 8.49. The molecule has 1 unspecified atom stereocenters. The Morgan fingerprint density at radius 1 is 1.15 bits per heavy atom. The first-order chi connectivity index (χ1) is 12.3. The number of nitrogens with one attached hydrogen (secondary N) is 2. The molecule has 0 fully saturated rings. The zero-order valence-corrected chi connectivity index (χ0v) is 18.0. The molecule has 2 N–H and O–H groups in total. The van der Waals surface area contributed by atoms with E-state index < -0.39 is 12.7 Å². The van der Waals surface area contributed by atoms with Gasteiger partial charge in [0.05, 0.1) is 12.6 Å². The number of guanidine groups is 1. The van der Waals surface area contributed by atoms with Crippen LogP contribution in [0.15, 0.2) is 47.5 Å². The third kappa shape index (κ3) is 7.92. The number of halogens is 4. The van der Waals surface area contributed by atoms with E-state index in [9.17, 15) is 13.2 Å². The maximum Gasteiger partial charge on any atom is 0.401 e. The third-order valence-corrected chi connectivity index (χ3v) is 4.09. The van der Waals surface area contributed by atoms with Gasteiger partial charge in [0.15, 0.2) is 5.96 Å². The Balaban J connectivity index is 0.00000364. The maximum absolute atomic E-state index is 12.3. The molecule has 8 heteroatoms. The summed E-state index contributed by atoms with van der Waals surface area (Å²) in [4.78, 5) is 5.37. The fourth-order valence-electron chi connectivity index (χ4n) is 2.71. The highest BCUT2D eigenvalue weighted by Gasteiger charge is 2.28. The minimum absolute atomic E-state index is 0. The lowest BCUT2D eigenvalue weighted by atomic mass is 10.0. The minimum atomic E-state index is -4.18. The van der Waals surface area contributed by atoms with Crippen LogP contribution in [0.25, 0.3) is 10.8 Å². The summed E-state index contributed by atoms with van der Waals surface area (Å²) < 4.78 is 37.0. The van der Waals surface area contributed by atoms with Gasteiger partial charge in [0, 0.05) is 20.1 Å². The summed E-state index contributed by atoms with van der Waals surface area (Å²) in [5, 5.41) is 8.66. The van der Waals surface area contributed by atoms with Gasteiger partial charge in [-0.3, -0.25) is 9.89 Å². The smallest absolute Gasteiger partial charge is 0.355 e. The van der Waals surface area contributed by atoms with Gasteiger partial charge in [-0.1, -0.05) is 36.4 Å². The molecule has 0 bridgehead atoms. The molecular weight excluding hydrogens is 468 g/mol. The van der Waals surface area contributed by atoms with Crippen LogP contribution in [0.3, 0.4) is 0 Å². The van der Waals surface area contributed by atoms with Crippen LogP contribution in [-0.2, 0) is 0 Å². The summed E-state index contributed by atoms with van der Waals surface area (Å²) in [5.74, 6) is 0.561. The Morgan fingerprint density at radius 2 is 1.81 bits per heavy atom. The molecule has 1 atom stereocenters. The van der Waals surface area contributed by atoms with Crippen molar-refractivity contribution in [2.75, 3.05) is 33.7 Å². The quantitative estimate of drug-likeness (QED) is 0.360. The normalized spacial score (nSPS) is 13.4. The number of fused-ring (bicyclic) bond motifs is 1. The lowest BCUT2D eigenvalue weighted by Gasteiger charge is -2.21. The molecule has 0 saturated carbocycles. The summed E-state index contributed by atoms with van der Waals surface area (Å²) in [7, 11) is 3.09. The van der Waals surface area contributed by atoms with Gasteiger partial charge in [0.2, 0.25) is 0 Å². The molecule has 2 aromatic rings. The summed E-state index contributed by atoms with van der Waals surface area (Å²) in [5.41, 5.74) is 1.11. The molecule has 0 radical (unpaired) electrons. The average molecular weight is 494 g/mol. The zero-order chi connectivity index (χ0) is 19.2. The van der Waals surface area contributed by atoms with Crippen molar-refractivity contribution in [1.29, 1.82) is 0 Å². The van der Waals surface area contributed by atoms with Gasteiger partial charge in [0.25, 0.3) is 0 Å². The fourth-order valence-corrected chi connectivity index (χ4v) is 2.71. The van der Waals surface area contributed by atoms with Crippen LogP contribution < -0.4 is 10.6 Å². The Morgan fingerprint density at radius 3 is 2.44 bits per heavy atom. The molecule has 0 aromatic heterocycles. The highest BCUT2D eigenvalue weighted by molar-refractivity contribution is 14.0. The predicted molar refractivity (Wildman–Crippen MR) is 116 cm³/mol. The van der Waals surface area contributed by atoms with Crippen LogP contribution in [0.4, 0.5) is 13.2 Å². The number of hydrogen-bond donors (Lipinski definition) is 2. The zero-order valence-electron chi connectivity index (χ0n) is 15.7. The second-order valence-corrected chi connectivity index (χ2v) is 6.32. The Kier molecular flexibility index (Phi) is 9.31. The van der Waals surface area contributed by atoms with Crippen LogP contribution >= 0.6 is 24.0 Å². The SMILES string of the molecule is CN=C(NCCN(C)CC(F)(F)F)NC(C)c1ccc2ccccc2c1.I. The number of alkyl halides is 3. The van der Waals surface area contributed by atoms with Gasteiger partial charge in [-0.05, 0) is 36.4 Å². The van der Waals surface area contributed by atoms with E-state index >= 15 is 0 Å². The average Bonchev–Trinajstić information content (AvgIpc) is 2.58. The van der Waals surface area contributed by atoms with Crippen molar-refractivity contribution in [3.63, 3.8) is 0 Å². The maximum atomic E-state index is 12.3. The number of aliphatic imine (C=N–C) groups is 1. The first-order valence-corrected chi connectivity index (χ1v) is 8.49. The first kappa shape index (κ1) is 23.5. The van der Waals surface area contributed by atoms with Crippen molar-refractivity contribution in [1.82, 2.24) is 15.5 Å². The highest BCUT2D eigenvalue weighted by Crippen LogP contribution is 2.20. The van der Waals surface area contributed by atoms with Gasteiger partial charge in [-0.2, -0.15) is 13.2 Å². The van der Waals surface area contributed by atoms with Crippen molar-refractivity contribution in [3.05, 3.63) is 48.0 Å². The molecule has 0 aliphatic carbocycles. The molecule has 2 rings (SSSR count). The van der Waals surface area contributed by atoms with Gasteiger partial charge in [-0.25, -0.2) is 0 Å². The second kappa shape index (κ2) is 10.7. The van der Waals surface area contributed by atoms with E-state index in [4.69, 9.17) is 0 Å². The summed E-state index contributed by atoms with van der Waals surface area (Å²) in [6.45, 7) is 1.74. The van der Waals surface area contributed by atoms with Crippen LogP contribution in [0.5, 0.6) is 0 Å². The lowest BCUT2D eigenvalue weighted by molar-refractivity contribution is -0.142. The van der Waals surface area contributed by atoms with E-state index in [1.807, 2.05) is 19.1 Å². The summed E-state index contributed by atoms with van der Waals surface area (Å²) in [6.07, 6.45) is -4.18. The standard InChI is InChI=1S/C19H25F3N4.HI/c1-14(16-9-8-15-6-4-5-7-17(15)12-16)25-18(23-2)24-10-11-26(3)13-19(20,21)22;/h4-9,12,14H,10-11,13H2,1-3H3,(H2,23,24,25);1H. The molecule has 0 saturated heterocycles. The monoisotopic (exact) mass is 494 g/mol. The Bertz CT molecular complexity index is 749. The highest BCUT2D eigenvalue weighted by atomic mass is 127. The molecular formula is C19H26F3IN4. The largest absolute Gasteiger partial charge is 0.401 e. The number of rotatable bonds is 6. The number of likely N-dealkylation sites (N-methyl/N-ethyl adjacent to an activating group) is 1. The van der Waals surface area contributed by atoms with E-state index in [-0.39, 0.29) is 36.6 Å². The van der Waals surface area contributed by atoms with Crippen LogP contribution in [0, 0.1) is 0 Å². The molecule has 0 spiro atoms. The Labute approximate surface area is 175 Å². The third-order valence-electron chi connectivity index (χ3n) is 4.09. The number of nitrogens with zero attached hydrogens (tertiary/aromatic N) is 2. The molecule has 27 heavy (non-hydrogen) atoms. The number of hydrogen-bond acceptors (Lipinski definition) is 2. The summed E-state index contributed by atoms with van der Waals surface area (Å²) in [6, 6.07) is 14.4. The van der Waals surface area contributed by atoms with Crippen LogP contribution in [-0.4, -0.2) is 50.8 Å². The lowest BCUT2D eigenvalue weighted by Crippen LogP contribution is -2.43. The van der Waals surface area contributed by atoms with Gasteiger partial charge in [0.1, 0.15) is 0 Å². The topological polar surface area (TPSA) is 39.7 Å². The fraction of sp³-hybridized carbons (Fsp3) is 0.421. The molecule has 0 heterocycles. The van der Waals surface area contributed by atoms with Crippen molar-refractivity contribution in [2.45, 2.75) is 19.1 Å². The van der Waals surface area contributed by atoms with Gasteiger partial charge in [-0.15, -0.1) is 24.0 Å². The van der Waals surface area contributed by atoms with Gasteiger partial charge < -0.3 is 10.6 Å². The molecule has 4 nitrogen and oxygen atoms in total. The predicted octanol–water partition coefficient (Wildman–Crippen LogP) is 4.18. The van der Waals surface area contributed by atoms with E-state index in [0.717, 1.165) is 10.9 Å². The van der Waals surface area contributed by atoms with Crippen molar-refractivity contribution >= 4 is 40.7 Å². The minimum Gasteiger partial charge on any atom is -0.355 e. The molecule has 2 aromatic carbocycles. The van der Waals surface area contributed by atoms with Crippen LogP contribution in [0.2, 0.25) is 0 Å². The summed E-state index contributed by atoms with van der Waals surface area (Å²) >= 11 is 0. The van der Waals surface area contributed by atoms with E-state index in [0.29, 0.717) is 12.5 Å².